The van der Waals surface area contributed by atoms with Crippen molar-refractivity contribution in [1.29, 1.82) is 0 Å². The molecule has 0 radical (unpaired) electrons. The van der Waals surface area contributed by atoms with Gasteiger partial charge in [-0.2, -0.15) is 0 Å². The highest BCUT2D eigenvalue weighted by Crippen LogP contribution is 2.24. The van der Waals surface area contributed by atoms with Gasteiger partial charge in [0.25, 0.3) is 0 Å². The SMILES string of the molecule is COc1c(C)cc(CNCC2CNCC2O)cc1C. The Morgan fingerprint density at radius 1 is 1.32 bits per heavy atom. The third kappa shape index (κ3) is 3.47. The van der Waals surface area contributed by atoms with Gasteiger partial charge in [-0.05, 0) is 30.5 Å². The van der Waals surface area contributed by atoms with Crippen LogP contribution in [0, 0.1) is 19.8 Å². The van der Waals surface area contributed by atoms with Gasteiger partial charge in [-0.15, -0.1) is 0 Å². The van der Waals surface area contributed by atoms with Gasteiger partial charge in [0, 0.05) is 32.1 Å². The highest BCUT2D eigenvalue weighted by Gasteiger charge is 2.23. The number of rotatable bonds is 5. The monoisotopic (exact) mass is 264 g/mol. The standard InChI is InChI=1S/C15H24N2O2/c1-10-4-12(5-11(2)15(10)19-3)6-16-7-13-8-17-9-14(13)18/h4-5,13-14,16-18H,6-9H2,1-3H3. The summed E-state index contributed by atoms with van der Waals surface area (Å²) in [6.45, 7) is 7.43. The zero-order valence-electron chi connectivity index (χ0n) is 12.0. The molecule has 1 heterocycles. The van der Waals surface area contributed by atoms with E-state index in [4.69, 9.17) is 4.74 Å². The van der Waals surface area contributed by atoms with Gasteiger partial charge in [-0.1, -0.05) is 12.1 Å². The molecule has 0 amide bonds. The molecule has 1 aromatic carbocycles. The molecule has 19 heavy (non-hydrogen) atoms. The van der Waals surface area contributed by atoms with Crippen LogP contribution in [-0.4, -0.2) is 38.0 Å². The van der Waals surface area contributed by atoms with Crippen molar-refractivity contribution in [2.75, 3.05) is 26.7 Å². The molecule has 4 heteroatoms. The minimum atomic E-state index is -0.216. The van der Waals surface area contributed by atoms with E-state index in [2.05, 4.69) is 36.6 Å². The third-order valence-corrected chi connectivity index (χ3v) is 3.76. The van der Waals surface area contributed by atoms with E-state index in [0.29, 0.717) is 12.5 Å². The molecule has 2 atom stereocenters. The van der Waals surface area contributed by atoms with E-state index in [1.165, 1.54) is 16.7 Å². The summed E-state index contributed by atoms with van der Waals surface area (Å²) in [7, 11) is 1.71. The van der Waals surface area contributed by atoms with Gasteiger partial charge in [0.2, 0.25) is 0 Å². The van der Waals surface area contributed by atoms with Crippen molar-refractivity contribution in [2.45, 2.75) is 26.5 Å². The lowest BCUT2D eigenvalue weighted by atomic mass is 10.0. The largest absolute Gasteiger partial charge is 0.496 e. The van der Waals surface area contributed by atoms with Crippen LogP contribution in [0.2, 0.25) is 0 Å². The fourth-order valence-corrected chi connectivity index (χ4v) is 2.79. The van der Waals surface area contributed by atoms with Crippen molar-refractivity contribution < 1.29 is 9.84 Å². The molecule has 0 aromatic heterocycles. The Morgan fingerprint density at radius 2 is 2.00 bits per heavy atom. The minimum absolute atomic E-state index is 0.216. The molecule has 2 rings (SSSR count). The summed E-state index contributed by atoms with van der Waals surface area (Å²) in [6.07, 6.45) is -0.216. The van der Waals surface area contributed by atoms with Crippen LogP contribution in [-0.2, 0) is 6.54 Å². The Balaban J connectivity index is 1.89. The summed E-state index contributed by atoms with van der Waals surface area (Å²) in [4.78, 5) is 0. The minimum Gasteiger partial charge on any atom is -0.496 e. The van der Waals surface area contributed by atoms with Crippen molar-refractivity contribution in [3.63, 3.8) is 0 Å². The topological polar surface area (TPSA) is 53.5 Å². The summed E-state index contributed by atoms with van der Waals surface area (Å²) >= 11 is 0. The molecule has 1 fully saturated rings. The second-order valence-electron chi connectivity index (χ2n) is 5.38. The van der Waals surface area contributed by atoms with Gasteiger partial charge in [0.15, 0.2) is 0 Å². The van der Waals surface area contributed by atoms with E-state index < -0.39 is 0 Å². The lowest BCUT2D eigenvalue weighted by Gasteiger charge is -2.15. The lowest BCUT2D eigenvalue weighted by molar-refractivity contribution is 0.146. The van der Waals surface area contributed by atoms with Gasteiger partial charge in [0.05, 0.1) is 13.2 Å². The summed E-state index contributed by atoms with van der Waals surface area (Å²) < 4.78 is 5.37. The summed E-state index contributed by atoms with van der Waals surface area (Å²) in [5, 5.41) is 16.3. The van der Waals surface area contributed by atoms with Crippen LogP contribution in [0.3, 0.4) is 0 Å². The van der Waals surface area contributed by atoms with Crippen molar-refractivity contribution in [2.24, 2.45) is 5.92 Å². The molecule has 1 aliphatic rings. The Bertz CT molecular complexity index is 411. The second kappa shape index (κ2) is 6.37. The normalized spacial score (nSPS) is 22.7. The maximum absolute atomic E-state index is 9.72. The third-order valence-electron chi connectivity index (χ3n) is 3.76. The number of β-amino-alcohol motifs (C(OH)–C–C–N with tert-alkyl or cyclic N) is 1. The van der Waals surface area contributed by atoms with Crippen molar-refractivity contribution in [3.8, 4) is 5.75 Å². The second-order valence-corrected chi connectivity index (χ2v) is 5.38. The van der Waals surface area contributed by atoms with Crippen LogP contribution in [0.25, 0.3) is 0 Å². The van der Waals surface area contributed by atoms with Crippen LogP contribution in [0.5, 0.6) is 5.75 Å². The Morgan fingerprint density at radius 3 is 2.53 bits per heavy atom. The molecule has 1 aromatic rings. The number of methoxy groups -OCH3 is 1. The maximum Gasteiger partial charge on any atom is 0.124 e. The molecule has 3 N–H and O–H groups in total. The first kappa shape index (κ1) is 14.3. The number of aliphatic hydroxyl groups is 1. The van der Waals surface area contributed by atoms with Crippen LogP contribution in [0.1, 0.15) is 16.7 Å². The first-order chi connectivity index (χ1) is 9.11. The van der Waals surface area contributed by atoms with Gasteiger partial charge in [-0.25, -0.2) is 0 Å². The van der Waals surface area contributed by atoms with Crippen LogP contribution < -0.4 is 15.4 Å². The number of hydrogen-bond donors (Lipinski definition) is 3. The Labute approximate surface area is 115 Å². The average molecular weight is 264 g/mol. The van der Waals surface area contributed by atoms with Crippen LogP contribution in [0.4, 0.5) is 0 Å². The molecule has 0 bridgehead atoms. The van der Waals surface area contributed by atoms with E-state index >= 15 is 0 Å². The fraction of sp³-hybridized carbons (Fsp3) is 0.600. The van der Waals surface area contributed by atoms with E-state index in [1.54, 1.807) is 7.11 Å². The van der Waals surface area contributed by atoms with E-state index in [1.807, 2.05) is 0 Å². The zero-order chi connectivity index (χ0) is 13.8. The van der Waals surface area contributed by atoms with Crippen LogP contribution >= 0.6 is 0 Å². The molecule has 0 aliphatic carbocycles. The quantitative estimate of drug-likeness (QED) is 0.742. The summed E-state index contributed by atoms with van der Waals surface area (Å²) in [6, 6.07) is 4.31. The number of ether oxygens (including phenoxy) is 1. The van der Waals surface area contributed by atoms with E-state index in [9.17, 15) is 5.11 Å². The molecule has 0 saturated carbocycles. The number of hydrogen-bond acceptors (Lipinski definition) is 4. The maximum atomic E-state index is 9.72. The zero-order valence-corrected chi connectivity index (χ0v) is 12.0. The predicted molar refractivity (Wildman–Crippen MR) is 76.5 cm³/mol. The van der Waals surface area contributed by atoms with Gasteiger partial charge in [0.1, 0.15) is 5.75 Å². The fourth-order valence-electron chi connectivity index (χ4n) is 2.79. The molecule has 0 spiro atoms. The first-order valence-electron chi connectivity index (χ1n) is 6.85. The highest BCUT2D eigenvalue weighted by atomic mass is 16.5. The van der Waals surface area contributed by atoms with Crippen LogP contribution in [0.15, 0.2) is 12.1 Å². The van der Waals surface area contributed by atoms with Crippen molar-refractivity contribution in [1.82, 2.24) is 10.6 Å². The molecule has 2 unspecified atom stereocenters. The number of aliphatic hydroxyl groups excluding tert-OH is 1. The number of benzene rings is 1. The number of aryl methyl sites for hydroxylation is 2. The molecular weight excluding hydrogens is 240 g/mol. The molecule has 106 valence electrons. The predicted octanol–water partition coefficient (Wildman–Crippen LogP) is 0.982. The van der Waals surface area contributed by atoms with Gasteiger partial charge < -0.3 is 20.5 Å². The number of nitrogens with one attached hydrogen (secondary N) is 2. The lowest BCUT2D eigenvalue weighted by Crippen LogP contribution is -2.30. The van der Waals surface area contributed by atoms with E-state index in [-0.39, 0.29) is 6.10 Å². The molecule has 4 nitrogen and oxygen atoms in total. The first-order valence-corrected chi connectivity index (χ1v) is 6.85. The smallest absolute Gasteiger partial charge is 0.124 e. The summed E-state index contributed by atoms with van der Waals surface area (Å²) in [5.41, 5.74) is 3.60. The molecule has 1 aliphatic heterocycles. The van der Waals surface area contributed by atoms with E-state index in [0.717, 1.165) is 25.4 Å². The Hall–Kier alpha value is -1.10. The van der Waals surface area contributed by atoms with Gasteiger partial charge >= 0.3 is 0 Å². The average Bonchev–Trinajstić information content (AvgIpc) is 2.75. The van der Waals surface area contributed by atoms with Crippen molar-refractivity contribution in [3.05, 3.63) is 28.8 Å². The van der Waals surface area contributed by atoms with Crippen molar-refractivity contribution >= 4 is 0 Å². The summed E-state index contributed by atoms with van der Waals surface area (Å²) in [5.74, 6) is 1.29. The van der Waals surface area contributed by atoms with Gasteiger partial charge in [-0.3, -0.25) is 0 Å². The Kier molecular flexibility index (Phi) is 4.80. The highest BCUT2D eigenvalue weighted by molar-refractivity contribution is 5.43. The molecular formula is C15H24N2O2. The molecule has 1 saturated heterocycles.